The lowest BCUT2D eigenvalue weighted by molar-refractivity contribution is -0.139. The number of carbonyl (C=O) groups is 3. The fourth-order valence-corrected chi connectivity index (χ4v) is 4.91. The number of rotatable bonds is 3. The molecule has 3 atom stereocenters. The van der Waals surface area contributed by atoms with Crippen molar-refractivity contribution < 1.29 is 18.6 Å². The monoisotopic (exact) mass is 423 g/mol. The fraction of sp³-hybridized carbons (Fsp3) is 0.762. The summed E-state index contributed by atoms with van der Waals surface area (Å²) in [5, 5.41) is 2.82. The molecule has 0 aromatic heterocycles. The molecule has 29 heavy (non-hydrogen) atoms. The summed E-state index contributed by atoms with van der Waals surface area (Å²) in [4.78, 5) is 39.9. The molecule has 2 heterocycles. The van der Waals surface area contributed by atoms with Gasteiger partial charge in [-0.05, 0) is 58.3 Å². The predicted octanol–water partition coefficient (Wildman–Crippen LogP) is 2.10. The topological polar surface area (TPSA) is 95.6 Å². The summed E-state index contributed by atoms with van der Waals surface area (Å²) in [6.45, 7) is 2.48. The largest absolute Gasteiger partial charge is 0.342 e. The van der Waals surface area contributed by atoms with Crippen LogP contribution in [0.1, 0.15) is 77.6 Å². The molecule has 162 valence electrons. The molecule has 3 amide bonds. The van der Waals surface area contributed by atoms with Crippen molar-refractivity contribution in [1.29, 1.82) is 0 Å². The molecule has 2 aliphatic heterocycles. The SMILES string of the molecule is CC1(S(=O)NC(=O)C2C/C=C\CCCCCCC(=O)N3CCCC3C(=O)N2)CC1. The molecule has 1 saturated heterocycles. The van der Waals surface area contributed by atoms with Crippen LogP contribution >= 0.6 is 0 Å². The number of hydrogen-bond acceptors (Lipinski definition) is 4. The van der Waals surface area contributed by atoms with Crippen LogP contribution in [0.15, 0.2) is 12.2 Å². The van der Waals surface area contributed by atoms with E-state index in [1.807, 2.05) is 19.1 Å². The van der Waals surface area contributed by atoms with E-state index in [1.54, 1.807) is 4.90 Å². The van der Waals surface area contributed by atoms with Crippen molar-refractivity contribution in [3.63, 3.8) is 0 Å². The average Bonchev–Trinajstić information content (AvgIpc) is 3.25. The summed E-state index contributed by atoms with van der Waals surface area (Å²) in [5.74, 6) is -0.684. The van der Waals surface area contributed by atoms with Gasteiger partial charge < -0.3 is 10.2 Å². The second kappa shape index (κ2) is 9.87. The van der Waals surface area contributed by atoms with E-state index in [0.29, 0.717) is 25.8 Å². The van der Waals surface area contributed by atoms with E-state index in [9.17, 15) is 18.6 Å². The Hall–Kier alpha value is -1.70. The van der Waals surface area contributed by atoms with E-state index in [2.05, 4.69) is 10.0 Å². The second-order valence-electron chi connectivity index (χ2n) is 8.65. The number of nitrogens with one attached hydrogen (secondary N) is 2. The zero-order chi connectivity index (χ0) is 20.9. The molecule has 3 unspecified atom stereocenters. The molecule has 0 aromatic rings. The Balaban J connectivity index is 1.70. The molecule has 2 N–H and O–H groups in total. The third-order valence-corrected chi connectivity index (χ3v) is 7.84. The van der Waals surface area contributed by atoms with E-state index in [-0.39, 0.29) is 16.6 Å². The molecule has 3 aliphatic rings. The highest BCUT2D eigenvalue weighted by molar-refractivity contribution is 7.85. The smallest absolute Gasteiger partial charge is 0.254 e. The van der Waals surface area contributed by atoms with Crippen molar-refractivity contribution in [2.24, 2.45) is 0 Å². The first kappa shape index (κ1) is 22.0. The zero-order valence-electron chi connectivity index (χ0n) is 17.3. The number of allylic oxidation sites excluding steroid dienone is 1. The highest BCUT2D eigenvalue weighted by atomic mass is 32.2. The quantitative estimate of drug-likeness (QED) is 0.680. The Kier molecular flexibility index (Phi) is 7.49. The summed E-state index contributed by atoms with van der Waals surface area (Å²) in [7, 11) is -1.45. The van der Waals surface area contributed by atoms with Gasteiger partial charge in [-0.1, -0.05) is 25.0 Å². The van der Waals surface area contributed by atoms with E-state index in [1.165, 1.54) is 0 Å². The molecule has 8 heteroatoms. The maximum atomic E-state index is 12.9. The van der Waals surface area contributed by atoms with Gasteiger partial charge in [-0.2, -0.15) is 0 Å². The molecule has 0 radical (unpaired) electrons. The van der Waals surface area contributed by atoms with Gasteiger partial charge >= 0.3 is 0 Å². The van der Waals surface area contributed by atoms with Gasteiger partial charge in [-0.3, -0.25) is 19.1 Å². The Morgan fingerprint density at radius 3 is 2.69 bits per heavy atom. The van der Waals surface area contributed by atoms with E-state index in [0.717, 1.165) is 51.4 Å². The highest BCUT2D eigenvalue weighted by Crippen LogP contribution is 2.40. The Morgan fingerprint density at radius 2 is 1.93 bits per heavy atom. The predicted molar refractivity (Wildman–Crippen MR) is 112 cm³/mol. The molecule has 0 spiro atoms. The Bertz CT molecular complexity index is 689. The fourth-order valence-electron chi connectivity index (χ4n) is 3.87. The van der Waals surface area contributed by atoms with Gasteiger partial charge in [0.05, 0.1) is 4.75 Å². The van der Waals surface area contributed by atoms with Gasteiger partial charge in [0.1, 0.15) is 23.1 Å². The minimum atomic E-state index is -1.45. The van der Waals surface area contributed by atoms with Gasteiger partial charge in [0.15, 0.2) is 0 Å². The van der Waals surface area contributed by atoms with Crippen LogP contribution in [0, 0.1) is 0 Å². The molecular weight excluding hydrogens is 390 g/mol. The molecule has 1 aliphatic carbocycles. The van der Waals surface area contributed by atoms with Crippen LogP contribution in [0.3, 0.4) is 0 Å². The van der Waals surface area contributed by atoms with Crippen molar-refractivity contribution in [2.75, 3.05) is 6.54 Å². The van der Waals surface area contributed by atoms with Crippen LogP contribution in [-0.4, -0.2) is 50.2 Å². The lowest BCUT2D eigenvalue weighted by Crippen LogP contribution is -2.53. The second-order valence-corrected chi connectivity index (χ2v) is 10.4. The number of carbonyl (C=O) groups excluding carboxylic acids is 3. The molecule has 7 nitrogen and oxygen atoms in total. The molecular formula is C21H33N3O4S. The Morgan fingerprint density at radius 1 is 1.17 bits per heavy atom. The Labute approximate surface area is 175 Å². The first-order valence-corrected chi connectivity index (χ1v) is 12.0. The van der Waals surface area contributed by atoms with Crippen LogP contribution < -0.4 is 10.0 Å². The van der Waals surface area contributed by atoms with Gasteiger partial charge in [-0.25, -0.2) is 4.21 Å². The van der Waals surface area contributed by atoms with Crippen molar-refractivity contribution >= 4 is 28.7 Å². The van der Waals surface area contributed by atoms with E-state index in [4.69, 9.17) is 0 Å². The molecule has 0 bridgehead atoms. The maximum Gasteiger partial charge on any atom is 0.254 e. The standard InChI is InChI=1S/C21H33N3O4S/c1-21(13-14-21)29(28)23-19(26)16-10-7-5-3-2-4-6-8-12-18(25)24-15-9-11-17(24)20(27)22-16/h5,7,16-17H,2-4,6,8-15H2,1H3,(H,22,27)(H,23,26)/b7-5-. The summed E-state index contributed by atoms with van der Waals surface area (Å²) in [6, 6.07) is -1.30. The normalized spacial score (nSPS) is 30.3. The average molecular weight is 424 g/mol. The summed E-state index contributed by atoms with van der Waals surface area (Å²) < 4.78 is 14.6. The van der Waals surface area contributed by atoms with Gasteiger partial charge in [-0.15, -0.1) is 0 Å². The van der Waals surface area contributed by atoms with Crippen molar-refractivity contribution in [2.45, 2.75) is 94.4 Å². The molecule has 0 aromatic carbocycles. The third-order valence-electron chi connectivity index (χ3n) is 6.15. The van der Waals surface area contributed by atoms with Crippen LogP contribution in [-0.2, 0) is 25.4 Å². The van der Waals surface area contributed by atoms with Crippen LogP contribution in [0.5, 0.6) is 0 Å². The summed E-state index contributed by atoms with van der Waals surface area (Å²) in [5.41, 5.74) is 0. The number of nitrogens with zero attached hydrogens (tertiary/aromatic N) is 1. The molecule has 3 rings (SSSR count). The summed E-state index contributed by atoms with van der Waals surface area (Å²) in [6.07, 6.45) is 12.7. The lowest BCUT2D eigenvalue weighted by Gasteiger charge is -2.26. The van der Waals surface area contributed by atoms with Crippen molar-refractivity contribution in [3.05, 3.63) is 12.2 Å². The zero-order valence-corrected chi connectivity index (χ0v) is 18.1. The first-order chi connectivity index (χ1) is 13.9. The van der Waals surface area contributed by atoms with Crippen molar-refractivity contribution in [3.8, 4) is 0 Å². The van der Waals surface area contributed by atoms with Crippen LogP contribution in [0.25, 0.3) is 0 Å². The third kappa shape index (κ3) is 5.90. The van der Waals surface area contributed by atoms with E-state index >= 15 is 0 Å². The van der Waals surface area contributed by atoms with Crippen LogP contribution in [0.4, 0.5) is 0 Å². The highest BCUT2D eigenvalue weighted by Gasteiger charge is 2.45. The lowest BCUT2D eigenvalue weighted by atomic mass is 10.1. The van der Waals surface area contributed by atoms with Gasteiger partial charge in [0, 0.05) is 13.0 Å². The maximum absolute atomic E-state index is 12.9. The molecule has 1 saturated carbocycles. The number of amides is 3. The first-order valence-electron chi connectivity index (χ1n) is 10.9. The van der Waals surface area contributed by atoms with Crippen LogP contribution in [0.2, 0.25) is 0 Å². The minimum absolute atomic E-state index is 0.0272. The summed E-state index contributed by atoms with van der Waals surface area (Å²) >= 11 is 0. The van der Waals surface area contributed by atoms with Gasteiger partial charge in [0.25, 0.3) is 5.91 Å². The molecule has 2 fully saturated rings. The minimum Gasteiger partial charge on any atom is -0.342 e. The number of fused-ring (bicyclic) bond motifs is 1. The van der Waals surface area contributed by atoms with E-state index < -0.39 is 29.0 Å². The number of hydrogen-bond donors (Lipinski definition) is 2. The van der Waals surface area contributed by atoms with Gasteiger partial charge in [0.2, 0.25) is 11.8 Å². The van der Waals surface area contributed by atoms with Crippen molar-refractivity contribution in [1.82, 2.24) is 14.9 Å².